The molecular formula is C24H29N7O2. The summed E-state index contributed by atoms with van der Waals surface area (Å²) in [6.45, 7) is 8.88. The van der Waals surface area contributed by atoms with Gasteiger partial charge in [0.1, 0.15) is 11.6 Å². The van der Waals surface area contributed by atoms with Gasteiger partial charge in [0.2, 0.25) is 11.9 Å². The van der Waals surface area contributed by atoms with Gasteiger partial charge in [-0.2, -0.15) is 15.0 Å². The number of piperazine rings is 1. The topological polar surface area (TPSA) is 79.7 Å². The number of pyridine rings is 1. The molecule has 1 aromatic carbocycles. The van der Waals surface area contributed by atoms with Crippen molar-refractivity contribution >= 4 is 17.7 Å². The summed E-state index contributed by atoms with van der Waals surface area (Å²) in [6.07, 6.45) is 1.84. The minimum absolute atomic E-state index is 0.617. The van der Waals surface area contributed by atoms with E-state index in [-0.39, 0.29) is 0 Å². The minimum atomic E-state index is 0.617. The van der Waals surface area contributed by atoms with E-state index in [1.807, 2.05) is 49.5 Å². The smallest absolute Gasteiger partial charge is 0.230 e. The molecule has 0 amide bonds. The van der Waals surface area contributed by atoms with Gasteiger partial charge in [-0.3, -0.25) is 0 Å². The highest BCUT2D eigenvalue weighted by Crippen LogP contribution is 2.26. The van der Waals surface area contributed by atoms with E-state index in [1.54, 1.807) is 0 Å². The number of rotatable bonds is 6. The van der Waals surface area contributed by atoms with Crippen LogP contribution in [0, 0.1) is 0 Å². The molecule has 4 heterocycles. The zero-order valence-electron chi connectivity index (χ0n) is 18.9. The van der Waals surface area contributed by atoms with E-state index in [1.165, 1.54) is 0 Å². The molecule has 0 N–H and O–H groups in total. The van der Waals surface area contributed by atoms with Crippen LogP contribution < -0.4 is 19.4 Å². The lowest BCUT2D eigenvalue weighted by atomic mass is 10.2. The van der Waals surface area contributed by atoms with Gasteiger partial charge in [0.25, 0.3) is 0 Å². The van der Waals surface area contributed by atoms with Gasteiger partial charge in [0.15, 0.2) is 5.82 Å². The Hall–Kier alpha value is -3.46. The average molecular weight is 448 g/mol. The Balaban J connectivity index is 1.43. The molecule has 0 aliphatic carbocycles. The molecule has 0 saturated carbocycles. The van der Waals surface area contributed by atoms with Gasteiger partial charge in [-0.25, -0.2) is 4.98 Å². The van der Waals surface area contributed by atoms with Gasteiger partial charge in [-0.05, 0) is 31.2 Å². The Morgan fingerprint density at radius 1 is 0.818 bits per heavy atom. The lowest BCUT2D eigenvalue weighted by molar-refractivity contribution is 0.122. The van der Waals surface area contributed by atoms with Crippen LogP contribution in [0.2, 0.25) is 0 Å². The Morgan fingerprint density at radius 2 is 1.55 bits per heavy atom. The molecule has 9 nitrogen and oxygen atoms in total. The highest BCUT2D eigenvalue weighted by molar-refractivity contribution is 5.61. The molecule has 2 fully saturated rings. The van der Waals surface area contributed by atoms with Crippen molar-refractivity contribution in [3.05, 3.63) is 48.7 Å². The number of hydrogen-bond acceptors (Lipinski definition) is 9. The number of nitrogens with zero attached hydrogens (tertiary/aromatic N) is 7. The number of anilines is 3. The van der Waals surface area contributed by atoms with Gasteiger partial charge in [0, 0.05) is 51.0 Å². The van der Waals surface area contributed by atoms with Crippen molar-refractivity contribution in [1.82, 2.24) is 19.9 Å². The van der Waals surface area contributed by atoms with Crippen LogP contribution in [0.3, 0.4) is 0 Å². The summed E-state index contributed by atoms with van der Waals surface area (Å²) in [7, 11) is 0. The van der Waals surface area contributed by atoms with E-state index in [9.17, 15) is 0 Å². The van der Waals surface area contributed by atoms with Crippen LogP contribution in [0.15, 0.2) is 48.7 Å². The van der Waals surface area contributed by atoms with Gasteiger partial charge in [-0.15, -0.1) is 0 Å². The fourth-order valence-corrected chi connectivity index (χ4v) is 4.10. The minimum Gasteiger partial charge on any atom is -0.494 e. The van der Waals surface area contributed by atoms with Crippen molar-refractivity contribution in [2.45, 2.75) is 6.92 Å². The molecular weight excluding hydrogens is 418 g/mol. The summed E-state index contributed by atoms with van der Waals surface area (Å²) in [5.41, 5.74) is 0.922. The first-order valence-electron chi connectivity index (χ1n) is 11.5. The van der Waals surface area contributed by atoms with Crippen LogP contribution in [0.25, 0.3) is 11.4 Å². The van der Waals surface area contributed by atoms with Crippen LogP contribution in [0.4, 0.5) is 17.7 Å². The first-order valence-corrected chi connectivity index (χ1v) is 11.5. The van der Waals surface area contributed by atoms with Gasteiger partial charge in [-0.1, -0.05) is 18.2 Å². The molecule has 2 aromatic heterocycles. The second kappa shape index (κ2) is 9.99. The Morgan fingerprint density at radius 3 is 2.24 bits per heavy atom. The summed E-state index contributed by atoms with van der Waals surface area (Å²) in [4.78, 5) is 25.8. The largest absolute Gasteiger partial charge is 0.494 e. The molecule has 9 heteroatoms. The third kappa shape index (κ3) is 4.98. The third-order valence-electron chi connectivity index (χ3n) is 5.84. The van der Waals surface area contributed by atoms with Crippen molar-refractivity contribution < 1.29 is 9.47 Å². The van der Waals surface area contributed by atoms with Crippen molar-refractivity contribution in [3.8, 4) is 17.1 Å². The highest BCUT2D eigenvalue weighted by Gasteiger charge is 2.23. The van der Waals surface area contributed by atoms with E-state index >= 15 is 0 Å². The Labute approximate surface area is 194 Å². The fourth-order valence-electron chi connectivity index (χ4n) is 4.10. The number of benzene rings is 1. The number of morpholine rings is 1. The quantitative estimate of drug-likeness (QED) is 0.566. The lowest BCUT2D eigenvalue weighted by Gasteiger charge is -2.36. The zero-order chi connectivity index (χ0) is 22.5. The van der Waals surface area contributed by atoms with Crippen LogP contribution >= 0.6 is 0 Å². The van der Waals surface area contributed by atoms with Crippen molar-refractivity contribution in [3.63, 3.8) is 0 Å². The summed E-state index contributed by atoms with van der Waals surface area (Å²) < 4.78 is 11.2. The van der Waals surface area contributed by atoms with E-state index in [0.717, 1.165) is 56.4 Å². The molecule has 2 saturated heterocycles. The van der Waals surface area contributed by atoms with Crippen molar-refractivity contribution in [2.24, 2.45) is 0 Å². The summed E-state index contributed by atoms with van der Waals surface area (Å²) in [5, 5.41) is 0. The normalized spacial score (nSPS) is 16.7. The van der Waals surface area contributed by atoms with Crippen LogP contribution in [0.5, 0.6) is 5.75 Å². The first kappa shape index (κ1) is 21.4. The number of aromatic nitrogens is 4. The van der Waals surface area contributed by atoms with Crippen LogP contribution in [-0.4, -0.2) is 79.0 Å². The Bertz CT molecular complexity index is 1050. The summed E-state index contributed by atoms with van der Waals surface area (Å²) in [5.74, 6) is 3.90. The summed E-state index contributed by atoms with van der Waals surface area (Å²) in [6, 6.07) is 14.0. The Kier molecular flexibility index (Phi) is 6.48. The maximum absolute atomic E-state index is 5.69. The molecule has 0 unspecified atom stereocenters. The fraction of sp³-hybridized carbons (Fsp3) is 0.417. The molecule has 5 rings (SSSR count). The number of ether oxygens (including phenoxy) is 2. The first-order chi connectivity index (χ1) is 16.3. The third-order valence-corrected chi connectivity index (χ3v) is 5.84. The maximum atomic E-state index is 5.69. The van der Waals surface area contributed by atoms with E-state index in [0.29, 0.717) is 37.5 Å². The zero-order valence-corrected chi connectivity index (χ0v) is 18.9. The lowest BCUT2D eigenvalue weighted by Crippen LogP contribution is -2.47. The second-order valence-corrected chi connectivity index (χ2v) is 7.98. The molecule has 0 radical (unpaired) electrons. The van der Waals surface area contributed by atoms with Crippen LogP contribution in [0.1, 0.15) is 6.92 Å². The standard InChI is InChI=1S/C24H29N7O2/c1-2-33-20-7-5-6-19(18-20)22-26-23(28-24(27-22)31-14-16-32-17-15-31)30-12-10-29(11-13-30)21-8-3-4-9-25-21/h3-9,18H,2,10-17H2,1H3. The molecule has 0 atom stereocenters. The van der Waals surface area contributed by atoms with Crippen molar-refractivity contribution in [1.29, 1.82) is 0 Å². The van der Waals surface area contributed by atoms with Gasteiger partial charge < -0.3 is 24.2 Å². The monoisotopic (exact) mass is 447 g/mol. The van der Waals surface area contributed by atoms with E-state index in [2.05, 4.69) is 25.8 Å². The molecule has 33 heavy (non-hydrogen) atoms. The second-order valence-electron chi connectivity index (χ2n) is 7.98. The molecule has 0 bridgehead atoms. The maximum Gasteiger partial charge on any atom is 0.230 e. The molecule has 2 aliphatic rings. The predicted molar refractivity (Wildman–Crippen MR) is 128 cm³/mol. The molecule has 172 valence electrons. The molecule has 3 aromatic rings. The number of hydrogen-bond donors (Lipinski definition) is 0. The van der Waals surface area contributed by atoms with Crippen LogP contribution in [-0.2, 0) is 4.74 Å². The van der Waals surface area contributed by atoms with E-state index in [4.69, 9.17) is 24.4 Å². The predicted octanol–water partition coefficient (Wildman–Crippen LogP) is 2.50. The average Bonchev–Trinajstić information content (AvgIpc) is 2.90. The van der Waals surface area contributed by atoms with Gasteiger partial charge in [0.05, 0.1) is 19.8 Å². The van der Waals surface area contributed by atoms with Crippen molar-refractivity contribution in [2.75, 3.05) is 73.8 Å². The van der Waals surface area contributed by atoms with Gasteiger partial charge >= 0.3 is 0 Å². The summed E-state index contributed by atoms with van der Waals surface area (Å²) >= 11 is 0. The molecule has 0 spiro atoms. The SMILES string of the molecule is CCOc1cccc(-c2nc(N3CCOCC3)nc(N3CCN(c4ccccn4)CC3)n2)c1. The van der Waals surface area contributed by atoms with E-state index < -0.39 is 0 Å². The highest BCUT2D eigenvalue weighted by atomic mass is 16.5. The molecule has 2 aliphatic heterocycles.